The van der Waals surface area contributed by atoms with Crippen LogP contribution in [0.3, 0.4) is 0 Å². The third-order valence-corrected chi connectivity index (χ3v) is 6.94. The van der Waals surface area contributed by atoms with E-state index in [2.05, 4.69) is 10.2 Å². The van der Waals surface area contributed by atoms with Crippen molar-refractivity contribution in [3.8, 4) is 22.5 Å². The zero-order valence-electron chi connectivity index (χ0n) is 23.1. The van der Waals surface area contributed by atoms with Gasteiger partial charge in [-0.2, -0.15) is 5.26 Å². The molecule has 11 heteroatoms. The molecule has 1 aliphatic heterocycles. The number of rotatable bonds is 15. The van der Waals surface area contributed by atoms with Crippen LogP contribution in [-0.4, -0.2) is 56.0 Å². The fourth-order valence-electron chi connectivity index (χ4n) is 4.63. The van der Waals surface area contributed by atoms with Crippen LogP contribution < -0.4 is 16.4 Å². The summed E-state index contributed by atoms with van der Waals surface area (Å²) < 4.78 is 17.1. The lowest BCUT2D eigenvalue weighted by Crippen LogP contribution is -2.28. The molecule has 1 aliphatic carbocycles. The fourth-order valence-corrected chi connectivity index (χ4v) is 4.82. The quantitative estimate of drug-likeness (QED) is 0.0352. The highest BCUT2D eigenvalue weighted by molar-refractivity contribution is 6.17. The second kappa shape index (κ2) is 15.3. The summed E-state index contributed by atoms with van der Waals surface area (Å²) in [5.41, 5.74) is 8.70. The van der Waals surface area contributed by atoms with Crippen molar-refractivity contribution in [2.24, 2.45) is 0 Å². The van der Waals surface area contributed by atoms with Gasteiger partial charge in [-0.05, 0) is 54.8 Å². The summed E-state index contributed by atoms with van der Waals surface area (Å²) in [7, 11) is 0. The predicted molar refractivity (Wildman–Crippen MR) is 160 cm³/mol. The van der Waals surface area contributed by atoms with Crippen LogP contribution in [0.5, 0.6) is 0 Å². The lowest BCUT2D eigenvalue weighted by Gasteiger charge is -2.18. The molecular formula is C31H34ClN3O7. The van der Waals surface area contributed by atoms with Gasteiger partial charge in [-0.15, -0.1) is 11.6 Å². The molecule has 10 nitrogen and oxygen atoms in total. The van der Waals surface area contributed by atoms with Gasteiger partial charge in [0.25, 0.3) is 5.91 Å². The van der Waals surface area contributed by atoms with Gasteiger partial charge in [0, 0.05) is 58.9 Å². The number of nitrogens with two attached hydrogens (primary N) is 1. The predicted octanol–water partition coefficient (Wildman–Crippen LogP) is 5.46. The van der Waals surface area contributed by atoms with Crippen molar-refractivity contribution in [3.63, 3.8) is 0 Å². The van der Waals surface area contributed by atoms with E-state index in [0.29, 0.717) is 71.4 Å². The number of hydrogen-bond donors (Lipinski definition) is 4. The molecule has 2 aromatic rings. The number of alkyl halides is 1. The summed E-state index contributed by atoms with van der Waals surface area (Å²) in [5.74, 6) is -0.350. The molecule has 0 saturated carbocycles. The third kappa shape index (κ3) is 7.86. The number of benzene rings is 3. The van der Waals surface area contributed by atoms with Gasteiger partial charge in [0.1, 0.15) is 11.3 Å². The summed E-state index contributed by atoms with van der Waals surface area (Å²) in [6.45, 7) is 2.12. The standard InChI is InChI=1S/C31H34ClN3O7/c32-11-3-1-2-4-13-39-15-16-40-14-12-35-30(36)20-5-8-23(26(17-20)31(37)42-38)29-24-9-6-21(33)18-27(24)41-28-19-22(34)7-10-25(28)29/h5-10,17-19,33,38H,1-4,11-16,34H2,(H,35,36). The molecule has 222 valence electrons. The summed E-state index contributed by atoms with van der Waals surface area (Å²) in [5, 5.41) is 20.9. The van der Waals surface area contributed by atoms with Gasteiger partial charge in [-0.3, -0.25) is 9.68 Å². The minimum atomic E-state index is -1.03. The highest BCUT2D eigenvalue weighted by Gasteiger charge is 2.24. The van der Waals surface area contributed by atoms with Crippen molar-refractivity contribution in [1.82, 2.24) is 5.32 Å². The molecule has 0 radical (unpaired) electrons. The van der Waals surface area contributed by atoms with Gasteiger partial charge < -0.3 is 30.4 Å². The van der Waals surface area contributed by atoms with E-state index >= 15 is 0 Å². The van der Waals surface area contributed by atoms with Crippen molar-refractivity contribution in [2.75, 3.05) is 44.6 Å². The number of fused-ring (bicyclic) bond motifs is 2. The number of ether oxygens (including phenoxy) is 2. The number of anilines is 1. The number of hydrogen-bond acceptors (Lipinski definition) is 9. The SMILES string of the molecule is N=c1ccc2c(-c3ccc(C(=O)NCCOCCOCCCCCCCl)cc3C(=O)OO)c3ccc(N)cc3oc-2c1. The molecule has 2 aromatic carbocycles. The van der Waals surface area contributed by atoms with Crippen LogP contribution in [0.4, 0.5) is 5.69 Å². The Morgan fingerprint density at radius 1 is 0.905 bits per heavy atom. The average molecular weight is 596 g/mol. The van der Waals surface area contributed by atoms with Gasteiger partial charge in [0.05, 0.1) is 30.7 Å². The monoisotopic (exact) mass is 595 g/mol. The Labute approximate surface area is 248 Å². The maximum absolute atomic E-state index is 12.9. The molecule has 1 amide bonds. The Morgan fingerprint density at radius 2 is 1.67 bits per heavy atom. The molecule has 4 rings (SSSR count). The average Bonchev–Trinajstić information content (AvgIpc) is 2.99. The van der Waals surface area contributed by atoms with Crippen LogP contribution in [0.2, 0.25) is 0 Å². The molecule has 1 heterocycles. The molecule has 0 atom stereocenters. The summed E-state index contributed by atoms with van der Waals surface area (Å²) in [6.07, 6.45) is 4.21. The largest absolute Gasteiger partial charge is 0.456 e. The van der Waals surface area contributed by atoms with Crippen molar-refractivity contribution in [2.45, 2.75) is 25.7 Å². The van der Waals surface area contributed by atoms with Crippen LogP contribution >= 0.6 is 11.6 Å². The minimum absolute atomic E-state index is 0.0261. The molecule has 2 aliphatic rings. The topological polar surface area (TPSA) is 157 Å². The number of halogens is 1. The highest BCUT2D eigenvalue weighted by Crippen LogP contribution is 2.41. The zero-order valence-corrected chi connectivity index (χ0v) is 23.9. The van der Waals surface area contributed by atoms with Crippen LogP contribution in [0.1, 0.15) is 46.4 Å². The molecule has 0 bridgehead atoms. The minimum Gasteiger partial charge on any atom is -0.456 e. The zero-order chi connectivity index (χ0) is 29.9. The van der Waals surface area contributed by atoms with E-state index in [0.717, 1.165) is 25.7 Å². The fraction of sp³-hybridized carbons (Fsp3) is 0.323. The van der Waals surface area contributed by atoms with E-state index in [1.54, 1.807) is 48.5 Å². The first-order chi connectivity index (χ1) is 20.4. The van der Waals surface area contributed by atoms with Crippen molar-refractivity contribution >= 4 is 40.1 Å². The molecule has 0 aromatic heterocycles. The van der Waals surface area contributed by atoms with E-state index in [-0.39, 0.29) is 23.0 Å². The maximum atomic E-state index is 12.9. The molecule has 5 N–H and O–H groups in total. The van der Waals surface area contributed by atoms with Crippen molar-refractivity contribution in [1.29, 1.82) is 5.41 Å². The summed E-state index contributed by atoms with van der Waals surface area (Å²) in [4.78, 5) is 29.7. The first-order valence-electron chi connectivity index (χ1n) is 13.7. The summed E-state index contributed by atoms with van der Waals surface area (Å²) in [6, 6.07) is 14.6. The Hall–Kier alpha value is -3.96. The van der Waals surface area contributed by atoms with Gasteiger partial charge in [-0.25, -0.2) is 4.79 Å². The van der Waals surface area contributed by atoms with Crippen LogP contribution in [0.15, 0.2) is 59.0 Å². The smallest absolute Gasteiger partial charge is 0.373 e. The second-order valence-electron chi connectivity index (χ2n) is 9.67. The summed E-state index contributed by atoms with van der Waals surface area (Å²) >= 11 is 5.66. The van der Waals surface area contributed by atoms with Crippen molar-refractivity contribution in [3.05, 3.63) is 71.1 Å². The Balaban J connectivity index is 1.46. The number of carbonyl (C=O) groups excluding carboxylic acids is 2. The number of nitrogen functional groups attached to an aromatic ring is 1. The first kappa shape index (κ1) is 31.0. The first-order valence-corrected chi connectivity index (χ1v) is 14.3. The molecule has 0 unspecified atom stereocenters. The lowest BCUT2D eigenvalue weighted by atomic mass is 9.89. The second-order valence-corrected chi connectivity index (χ2v) is 10.0. The van der Waals surface area contributed by atoms with Crippen LogP contribution in [0.25, 0.3) is 33.4 Å². The van der Waals surface area contributed by atoms with Crippen LogP contribution in [0, 0.1) is 5.41 Å². The van der Waals surface area contributed by atoms with E-state index in [4.69, 9.17) is 36.6 Å². The van der Waals surface area contributed by atoms with E-state index in [9.17, 15) is 14.8 Å². The number of amides is 1. The molecule has 0 saturated heterocycles. The van der Waals surface area contributed by atoms with E-state index in [1.807, 2.05) is 0 Å². The van der Waals surface area contributed by atoms with Gasteiger partial charge in [0.15, 0.2) is 0 Å². The van der Waals surface area contributed by atoms with Gasteiger partial charge in [0.2, 0.25) is 0 Å². The lowest BCUT2D eigenvalue weighted by molar-refractivity contribution is -0.182. The van der Waals surface area contributed by atoms with Gasteiger partial charge >= 0.3 is 5.97 Å². The number of unbranched alkanes of at least 4 members (excludes halogenated alkanes) is 3. The van der Waals surface area contributed by atoms with Crippen LogP contribution in [-0.2, 0) is 14.4 Å². The van der Waals surface area contributed by atoms with E-state index < -0.39 is 11.9 Å². The number of nitrogens with one attached hydrogen (secondary N) is 2. The third-order valence-electron chi connectivity index (χ3n) is 6.68. The Kier molecular flexibility index (Phi) is 11.3. The maximum Gasteiger partial charge on any atom is 0.373 e. The molecule has 0 fully saturated rings. The number of carbonyl (C=O) groups is 2. The molecule has 0 spiro atoms. The molecular weight excluding hydrogens is 562 g/mol. The van der Waals surface area contributed by atoms with E-state index in [1.165, 1.54) is 6.07 Å². The molecule has 42 heavy (non-hydrogen) atoms. The Morgan fingerprint density at radius 3 is 2.45 bits per heavy atom. The van der Waals surface area contributed by atoms with Crippen molar-refractivity contribution < 1.29 is 33.6 Å². The van der Waals surface area contributed by atoms with Gasteiger partial charge in [-0.1, -0.05) is 18.9 Å². The highest BCUT2D eigenvalue weighted by atomic mass is 35.5. The Bertz CT molecular complexity index is 1560. The normalized spacial score (nSPS) is 11.2.